The molecule has 17 heavy (non-hydrogen) atoms. The highest BCUT2D eigenvalue weighted by Crippen LogP contribution is 2.17. The van der Waals surface area contributed by atoms with Crippen molar-refractivity contribution in [2.45, 2.75) is 44.7 Å². The van der Waals surface area contributed by atoms with Gasteiger partial charge in [0.2, 0.25) is 5.91 Å². The standard InChI is InChI=1S/C11H18N4O2/c1-14-8-12-15(11(14)17)7-10(16)13-9-5-3-2-4-6-9/h8-9H,2-7H2,1H3,(H,13,16). The van der Waals surface area contributed by atoms with Crippen LogP contribution in [-0.2, 0) is 18.4 Å². The molecule has 0 atom stereocenters. The second kappa shape index (κ2) is 5.16. The van der Waals surface area contributed by atoms with E-state index >= 15 is 0 Å². The number of rotatable bonds is 3. The van der Waals surface area contributed by atoms with Crippen LogP contribution in [0.2, 0.25) is 0 Å². The van der Waals surface area contributed by atoms with Gasteiger partial charge < -0.3 is 5.32 Å². The second-order valence-electron chi connectivity index (χ2n) is 4.58. The fourth-order valence-electron chi connectivity index (χ4n) is 2.19. The first-order valence-electron chi connectivity index (χ1n) is 6.04. The molecule has 1 aliphatic rings. The van der Waals surface area contributed by atoms with Crippen molar-refractivity contribution in [3.63, 3.8) is 0 Å². The zero-order valence-electron chi connectivity index (χ0n) is 10.1. The molecule has 6 heteroatoms. The van der Waals surface area contributed by atoms with Gasteiger partial charge in [0.15, 0.2) is 0 Å². The maximum absolute atomic E-state index is 11.7. The minimum Gasteiger partial charge on any atom is -0.352 e. The molecule has 1 aromatic rings. The van der Waals surface area contributed by atoms with Crippen molar-refractivity contribution in [3.05, 3.63) is 16.8 Å². The predicted molar refractivity (Wildman–Crippen MR) is 62.5 cm³/mol. The van der Waals surface area contributed by atoms with Gasteiger partial charge >= 0.3 is 5.69 Å². The van der Waals surface area contributed by atoms with Crippen molar-refractivity contribution in [1.82, 2.24) is 19.7 Å². The van der Waals surface area contributed by atoms with Gasteiger partial charge in [0.05, 0.1) is 0 Å². The number of carbonyl (C=O) groups is 1. The van der Waals surface area contributed by atoms with Gasteiger partial charge in [0, 0.05) is 13.1 Å². The van der Waals surface area contributed by atoms with E-state index in [1.54, 1.807) is 7.05 Å². The minimum atomic E-state index is -0.260. The SMILES string of the molecule is Cn1cnn(CC(=O)NC2CCCCC2)c1=O. The first-order valence-corrected chi connectivity index (χ1v) is 6.04. The van der Waals surface area contributed by atoms with E-state index in [9.17, 15) is 9.59 Å². The normalized spacial score (nSPS) is 17.0. The average molecular weight is 238 g/mol. The average Bonchev–Trinajstić information content (AvgIpc) is 2.62. The summed E-state index contributed by atoms with van der Waals surface area (Å²) in [7, 11) is 1.62. The van der Waals surface area contributed by atoms with E-state index in [-0.39, 0.29) is 24.2 Å². The van der Waals surface area contributed by atoms with E-state index in [1.807, 2.05) is 0 Å². The monoisotopic (exact) mass is 238 g/mol. The van der Waals surface area contributed by atoms with Crippen LogP contribution >= 0.6 is 0 Å². The third kappa shape index (κ3) is 2.95. The Morgan fingerprint density at radius 3 is 2.76 bits per heavy atom. The molecule has 0 radical (unpaired) electrons. The summed E-state index contributed by atoms with van der Waals surface area (Å²) in [4.78, 5) is 23.2. The van der Waals surface area contributed by atoms with Crippen LogP contribution in [0.1, 0.15) is 32.1 Å². The van der Waals surface area contributed by atoms with Gasteiger partial charge in [-0.15, -0.1) is 0 Å². The number of hydrogen-bond donors (Lipinski definition) is 1. The lowest BCUT2D eigenvalue weighted by molar-refractivity contribution is -0.122. The lowest BCUT2D eigenvalue weighted by Gasteiger charge is -2.22. The maximum atomic E-state index is 11.7. The Kier molecular flexibility index (Phi) is 3.61. The van der Waals surface area contributed by atoms with Gasteiger partial charge in [-0.2, -0.15) is 5.10 Å². The summed E-state index contributed by atoms with van der Waals surface area (Å²) in [6.07, 6.45) is 7.11. The molecule has 1 saturated carbocycles. The van der Waals surface area contributed by atoms with E-state index < -0.39 is 0 Å². The van der Waals surface area contributed by atoms with Crippen LogP contribution in [0.5, 0.6) is 0 Å². The van der Waals surface area contributed by atoms with Crippen LogP contribution in [0.4, 0.5) is 0 Å². The van der Waals surface area contributed by atoms with Crippen molar-refractivity contribution < 1.29 is 4.79 Å². The highest BCUT2D eigenvalue weighted by Gasteiger charge is 2.16. The number of hydrogen-bond acceptors (Lipinski definition) is 3. The van der Waals surface area contributed by atoms with Crippen LogP contribution in [0, 0.1) is 0 Å². The molecule has 6 nitrogen and oxygen atoms in total. The number of amides is 1. The molecule has 94 valence electrons. The molecule has 1 aromatic heterocycles. The highest BCUT2D eigenvalue weighted by atomic mass is 16.2. The van der Waals surface area contributed by atoms with E-state index in [0.717, 1.165) is 12.8 Å². The Hall–Kier alpha value is -1.59. The van der Waals surface area contributed by atoms with Crippen molar-refractivity contribution in [3.8, 4) is 0 Å². The third-order valence-electron chi connectivity index (χ3n) is 3.15. The Bertz CT molecular complexity index is 443. The van der Waals surface area contributed by atoms with Gasteiger partial charge in [0.1, 0.15) is 12.9 Å². The van der Waals surface area contributed by atoms with Crippen LogP contribution in [0.15, 0.2) is 11.1 Å². The lowest BCUT2D eigenvalue weighted by atomic mass is 9.95. The number of carbonyl (C=O) groups excluding carboxylic acids is 1. The Balaban J connectivity index is 1.88. The third-order valence-corrected chi connectivity index (χ3v) is 3.15. The highest BCUT2D eigenvalue weighted by molar-refractivity contribution is 5.75. The molecule has 1 amide bonds. The zero-order chi connectivity index (χ0) is 12.3. The first-order chi connectivity index (χ1) is 8.16. The summed E-state index contributed by atoms with van der Waals surface area (Å²) >= 11 is 0. The number of aryl methyl sites for hydroxylation is 1. The van der Waals surface area contributed by atoms with Crippen molar-refractivity contribution in [2.24, 2.45) is 7.05 Å². The first kappa shape index (κ1) is 11.9. The van der Waals surface area contributed by atoms with Gasteiger partial charge in [-0.25, -0.2) is 9.48 Å². The molecule has 0 spiro atoms. The van der Waals surface area contributed by atoms with Crippen LogP contribution in [0.3, 0.4) is 0 Å². The summed E-state index contributed by atoms with van der Waals surface area (Å²) in [6.45, 7) is 0.0101. The molecule has 1 fully saturated rings. The molecule has 0 saturated heterocycles. The quantitative estimate of drug-likeness (QED) is 0.807. The largest absolute Gasteiger partial charge is 0.352 e. The Morgan fingerprint density at radius 2 is 2.18 bits per heavy atom. The molecule has 2 rings (SSSR count). The van der Waals surface area contributed by atoms with Gasteiger partial charge in [-0.1, -0.05) is 19.3 Å². The molecule has 1 aliphatic carbocycles. The van der Waals surface area contributed by atoms with Gasteiger partial charge in [-0.05, 0) is 12.8 Å². The van der Waals surface area contributed by atoms with Gasteiger partial charge in [-0.3, -0.25) is 9.36 Å². The topological polar surface area (TPSA) is 68.9 Å². The number of nitrogens with one attached hydrogen (secondary N) is 1. The fraction of sp³-hybridized carbons (Fsp3) is 0.727. The van der Waals surface area contributed by atoms with Crippen molar-refractivity contribution in [1.29, 1.82) is 0 Å². The molecule has 1 N–H and O–H groups in total. The smallest absolute Gasteiger partial charge is 0.345 e. The van der Waals surface area contributed by atoms with Gasteiger partial charge in [0.25, 0.3) is 0 Å². The molecule has 0 aliphatic heterocycles. The fourth-order valence-corrected chi connectivity index (χ4v) is 2.19. The summed E-state index contributed by atoms with van der Waals surface area (Å²) in [5, 5.41) is 6.81. The Labute approximate surface area is 99.6 Å². The predicted octanol–water partition coefficient (Wildman–Crippen LogP) is 0.0307. The molecule has 0 aromatic carbocycles. The van der Waals surface area contributed by atoms with Crippen LogP contribution < -0.4 is 11.0 Å². The molecule has 0 bridgehead atoms. The molecule has 1 heterocycles. The summed E-state index contributed by atoms with van der Waals surface area (Å²) < 4.78 is 2.53. The van der Waals surface area contributed by atoms with Crippen molar-refractivity contribution in [2.75, 3.05) is 0 Å². The molecule has 0 unspecified atom stereocenters. The van der Waals surface area contributed by atoms with Crippen molar-refractivity contribution >= 4 is 5.91 Å². The van der Waals surface area contributed by atoms with Crippen LogP contribution in [0.25, 0.3) is 0 Å². The zero-order valence-corrected chi connectivity index (χ0v) is 10.1. The van der Waals surface area contributed by atoms with E-state index in [2.05, 4.69) is 10.4 Å². The lowest BCUT2D eigenvalue weighted by Crippen LogP contribution is -2.40. The second-order valence-corrected chi connectivity index (χ2v) is 4.58. The molecular weight excluding hydrogens is 220 g/mol. The number of nitrogens with zero attached hydrogens (tertiary/aromatic N) is 3. The number of aromatic nitrogens is 3. The minimum absolute atomic E-state index is 0.0101. The Morgan fingerprint density at radius 1 is 1.47 bits per heavy atom. The van der Waals surface area contributed by atoms with Crippen LogP contribution in [-0.4, -0.2) is 26.3 Å². The summed E-state index contributed by atoms with van der Waals surface area (Å²) in [5.41, 5.74) is -0.260. The molecular formula is C11H18N4O2. The van der Waals surface area contributed by atoms with E-state index in [1.165, 1.54) is 34.8 Å². The summed E-state index contributed by atoms with van der Waals surface area (Å²) in [5.74, 6) is -0.127. The van der Waals surface area contributed by atoms with E-state index in [0.29, 0.717) is 0 Å². The maximum Gasteiger partial charge on any atom is 0.345 e. The summed E-state index contributed by atoms with van der Waals surface area (Å²) in [6, 6.07) is 0.274. The van der Waals surface area contributed by atoms with E-state index in [4.69, 9.17) is 0 Å².